The van der Waals surface area contributed by atoms with E-state index >= 15 is 0 Å². The van der Waals surface area contributed by atoms with Crippen molar-refractivity contribution in [3.63, 3.8) is 0 Å². The number of pyridine rings is 2. The van der Waals surface area contributed by atoms with Gasteiger partial charge in [-0.2, -0.15) is 13.2 Å². The van der Waals surface area contributed by atoms with E-state index in [4.69, 9.17) is 5.73 Å². The molecular weight excluding hydrogens is 551 g/mol. The van der Waals surface area contributed by atoms with Crippen molar-refractivity contribution in [3.8, 4) is 0 Å². The largest absolute Gasteiger partial charge is 0.416 e. The fourth-order valence-corrected chi connectivity index (χ4v) is 5.40. The number of nitrogens with two attached hydrogens (primary N) is 1. The lowest BCUT2D eigenvalue weighted by molar-refractivity contribution is -0.138. The van der Waals surface area contributed by atoms with E-state index < -0.39 is 17.6 Å². The minimum atomic E-state index is -4.57. The number of rotatable bonds is 8. The molecule has 2 aliphatic heterocycles. The number of aromatic nitrogens is 2. The molecule has 0 radical (unpaired) electrons. The second-order valence-electron chi connectivity index (χ2n) is 10.3. The maximum Gasteiger partial charge on any atom is 0.416 e. The lowest BCUT2D eigenvalue weighted by atomic mass is 10.0. The zero-order chi connectivity index (χ0) is 29.9. The highest BCUT2D eigenvalue weighted by Gasteiger charge is 2.34. The molecule has 0 unspecified atom stereocenters. The van der Waals surface area contributed by atoms with Gasteiger partial charge < -0.3 is 26.2 Å². The zero-order valence-electron chi connectivity index (χ0n) is 22.7. The van der Waals surface area contributed by atoms with Crippen molar-refractivity contribution >= 4 is 34.9 Å². The van der Waals surface area contributed by atoms with E-state index in [1.807, 2.05) is 4.90 Å². The number of hydrogen-bond donors (Lipinski definition) is 3. The standard InChI is InChI=1S/C29H30F3N7O3/c30-29(31,32)23-6-9-34-15-19(23)16-35-24-14-25(36-17-22(24)27(33)41)37-20-4-1-3-18(13-20)28(42)38-11-7-21(8-12-38)39-10-2-5-26(39)40/h1,3-4,6,9,13-15,17,21H,2,5,7-8,10-12,16H2,(H2,33,41)(H2,35,36,37). The van der Waals surface area contributed by atoms with Crippen LogP contribution in [-0.4, -0.2) is 63.2 Å². The Kier molecular flexibility index (Phi) is 8.27. The van der Waals surface area contributed by atoms with Crippen LogP contribution in [0.1, 0.15) is 57.5 Å². The number of nitrogens with zero attached hydrogens (tertiary/aromatic N) is 4. The number of amides is 3. The van der Waals surface area contributed by atoms with Gasteiger partial charge in [0.25, 0.3) is 11.8 Å². The Balaban J connectivity index is 1.27. The maximum atomic E-state index is 13.4. The van der Waals surface area contributed by atoms with Gasteiger partial charge in [0.05, 0.1) is 16.8 Å². The molecule has 2 saturated heterocycles. The molecule has 42 heavy (non-hydrogen) atoms. The second-order valence-corrected chi connectivity index (χ2v) is 10.3. The predicted octanol–water partition coefficient (Wildman–Crippen LogP) is 4.18. The van der Waals surface area contributed by atoms with Crippen LogP contribution in [0.15, 0.2) is 55.0 Å². The Bertz CT molecular complexity index is 1490. The number of piperidine rings is 1. The molecule has 3 amide bonds. The third-order valence-corrected chi connectivity index (χ3v) is 7.53. The molecule has 0 aliphatic carbocycles. The van der Waals surface area contributed by atoms with E-state index in [2.05, 4.69) is 20.6 Å². The van der Waals surface area contributed by atoms with Gasteiger partial charge >= 0.3 is 6.18 Å². The summed E-state index contributed by atoms with van der Waals surface area (Å²) in [5, 5.41) is 5.92. The number of benzene rings is 1. The number of nitrogens with one attached hydrogen (secondary N) is 2. The van der Waals surface area contributed by atoms with Gasteiger partial charge in [-0.3, -0.25) is 19.4 Å². The first-order valence-electron chi connectivity index (χ1n) is 13.6. The van der Waals surface area contributed by atoms with Crippen molar-refractivity contribution in [1.29, 1.82) is 0 Å². The van der Waals surface area contributed by atoms with Crippen LogP contribution in [0, 0.1) is 0 Å². The summed E-state index contributed by atoms with van der Waals surface area (Å²) in [7, 11) is 0. The molecule has 0 saturated carbocycles. The van der Waals surface area contributed by atoms with Crippen molar-refractivity contribution in [3.05, 3.63) is 77.2 Å². The first kappa shape index (κ1) is 28.8. The van der Waals surface area contributed by atoms with Crippen molar-refractivity contribution < 1.29 is 27.6 Å². The van der Waals surface area contributed by atoms with Crippen molar-refractivity contribution in [2.75, 3.05) is 30.3 Å². The number of hydrogen-bond acceptors (Lipinski definition) is 7. The molecule has 2 aliphatic rings. The van der Waals surface area contributed by atoms with Gasteiger partial charge in [-0.25, -0.2) is 4.98 Å². The van der Waals surface area contributed by atoms with Gasteiger partial charge in [0, 0.05) is 80.1 Å². The van der Waals surface area contributed by atoms with Gasteiger partial charge in [0.2, 0.25) is 5.91 Å². The first-order chi connectivity index (χ1) is 20.1. The Labute approximate surface area is 240 Å². The molecule has 4 N–H and O–H groups in total. The van der Waals surface area contributed by atoms with Gasteiger partial charge in [-0.05, 0) is 43.5 Å². The summed E-state index contributed by atoms with van der Waals surface area (Å²) >= 11 is 0. The topological polar surface area (TPSA) is 134 Å². The quantitative estimate of drug-likeness (QED) is 0.364. The summed E-state index contributed by atoms with van der Waals surface area (Å²) < 4.78 is 40.2. The molecule has 13 heteroatoms. The second kappa shape index (κ2) is 12.0. The molecule has 5 rings (SSSR count). The monoisotopic (exact) mass is 581 g/mol. The lowest BCUT2D eigenvalue weighted by Crippen LogP contribution is -2.47. The van der Waals surface area contributed by atoms with Crippen LogP contribution in [0.2, 0.25) is 0 Å². The Hall–Kier alpha value is -4.68. The van der Waals surface area contributed by atoms with Crippen molar-refractivity contribution in [2.45, 2.75) is 44.4 Å². The van der Waals surface area contributed by atoms with Crippen LogP contribution in [0.5, 0.6) is 0 Å². The Morgan fingerprint density at radius 2 is 1.86 bits per heavy atom. The van der Waals surface area contributed by atoms with E-state index in [0.717, 1.165) is 44.3 Å². The van der Waals surface area contributed by atoms with Crippen LogP contribution >= 0.6 is 0 Å². The van der Waals surface area contributed by atoms with Crippen LogP contribution in [0.3, 0.4) is 0 Å². The molecule has 2 aromatic heterocycles. The molecule has 1 aromatic carbocycles. The van der Waals surface area contributed by atoms with Gasteiger partial charge in [-0.15, -0.1) is 0 Å². The molecule has 0 bridgehead atoms. The van der Waals surface area contributed by atoms with E-state index in [1.54, 1.807) is 29.2 Å². The fraction of sp³-hybridized carbons (Fsp3) is 0.345. The van der Waals surface area contributed by atoms with Gasteiger partial charge in [0.15, 0.2) is 0 Å². The SMILES string of the molecule is NC(=O)c1cnc(Nc2cccc(C(=O)N3CCC(N4CCCC4=O)CC3)c2)cc1NCc1cnccc1C(F)(F)F. The molecule has 0 spiro atoms. The number of anilines is 3. The zero-order valence-corrected chi connectivity index (χ0v) is 22.7. The van der Waals surface area contributed by atoms with Crippen molar-refractivity contribution in [1.82, 2.24) is 19.8 Å². The molecule has 10 nitrogen and oxygen atoms in total. The van der Waals surface area contributed by atoms with Crippen molar-refractivity contribution in [2.24, 2.45) is 5.73 Å². The average Bonchev–Trinajstić information content (AvgIpc) is 3.41. The molecule has 4 heterocycles. The normalized spacial score (nSPS) is 16.0. The summed E-state index contributed by atoms with van der Waals surface area (Å²) in [4.78, 5) is 49.0. The Morgan fingerprint density at radius 1 is 1.07 bits per heavy atom. The Morgan fingerprint density at radius 3 is 2.55 bits per heavy atom. The van der Waals surface area contributed by atoms with Gasteiger partial charge in [0.1, 0.15) is 5.82 Å². The number of likely N-dealkylation sites (tertiary alicyclic amines) is 2. The third-order valence-electron chi connectivity index (χ3n) is 7.53. The summed E-state index contributed by atoms with van der Waals surface area (Å²) in [5.41, 5.74) is 5.73. The minimum absolute atomic E-state index is 0.000889. The number of carbonyl (C=O) groups is 3. The predicted molar refractivity (Wildman–Crippen MR) is 149 cm³/mol. The molecule has 2 fully saturated rings. The van der Waals surface area contributed by atoms with Crippen LogP contribution in [0.25, 0.3) is 0 Å². The highest BCUT2D eigenvalue weighted by molar-refractivity contribution is 5.99. The van der Waals surface area contributed by atoms with Crippen LogP contribution < -0.4 is 16.4 Å². The number of primary amides is 1. The van der Waals surface area contributed by atoms with E-state index in [1.165, 1.54) is 12.3 Å². The minimum Gasteiger partial charge on any atom is -0.380 e. The highest BCUT2D eigenvalue weighted by atomic mass is 19.4. The molecule has 0 atom stereocenters. The summed E-state index contributed by atoms with van der Waals surface area (Å²) in [6.45, 7) is 1.64. The summed E-state index contributed by atoms with van der Waals surface area (Å²) in [5.74, 6) is -0.451. The summed E-state index contributed by atoms with van der Waals surface area (Å²) in [6, 6.07) is 9.38. The van der Waals surface area contributed by atoms with Crippen LogP contribution in [-0.2, 0) is 17.5 Å². The average molecular weight is 582 g/mol. The molecular formula is C29H30F3N7O3. The highest BCUT2D eigenvalue weighted by Crippen LogP contribution is 2.32. The molecule has 3 aromatic rings. The number of carbonyl (C=O) groups excluding carboxylic acids is 3. The number of alkyl halides is 3. The smallest absolute Gasteiger partial charge is 0.380 e. The van der Waals surface area contributed by atoms with E-state index in [0.29, 0.717) is 30.8 Å². The lowest BCUT2D eigenvalue weighted by Gasteiger charge is -2.36. The molecule has 220 valence electrons. The first-order valence-corrected chi connectivity index (χ1v) is 13.6. The van der Waals surface area contributed by atoms with E-state index in [-0.39, 0.29) is 47.0 Å². The van der Waals surface area contributed by atoms with E-state index in [9.17, 15) is 27.6 Å². The maximum absolute atomic E-state index is 13.4. The summed E-state index contributed by atoms with van der Waals surface area (Å²) in [6.07, 6.45) is 1.80. The third kappa shape index (κ3) is 6.45. The van der Waals surface area contributed by atoms with Gasteiger partial charge in [-0.1, -0.05) is 6.07 Å². The fourth-order valence-electron chi connectivity index (χ4n) is 5.40. The van der Waals surface area contributed by atoms with Crippen LogP contribution in [0.4, 0.5) is 30.4 Å². The number of halogens is 3.